The third-order valence-electron chi connectivity index (χ3n) is 18.0. The van der Waals surface area contributed by atoms with E-state index < -0.39 is 11.6 Å². The highest BCUT2D eigenvalue weighted by Crippen LogP contribution is 2.23. The van der Waals surface area contributed by atoms with Crippen molar-refractivity contribution in [1.82, 2.24) is 0 Å². The molecule has 4 nitrogen and oxygen atoms in total. The molecule has 0 amide bonds. The van der Waals surface area contributed by atoms with Crippen molar-refractivity contribution >= 4 is 92.3 Å². The van der Waals surface area contributed by atoms with Crippen LogP contribution >= 0.6 is 48.9 Å². The van der Waals surface area contributed by atoms with E-state index in [9.17, 15) is 8.78 Å². The fraction of sp³-hybridized carbons (Fsp3) is 0.140. The molecule has 0 heterocycles. The summed E-state index contributed by atoms with van der Waals surface area (Å²) < 4.78 is 27.8. The van der Waals surface area contributed by atoms with E-state index in [2.05, 4.69) is 311 Å². The lowest BCUT2D eigenvalue weighted by Gasteiger charge is -2.02. The van der Waals surface area contributed by atoms with Gasteiger partial charge in [-0.05, 0) is 348 Å². The van der Waals surface area contributed by atoms with Gasteiger partial charge in [-0.3, -0.25) is 0 Å². The SMILES string of the molecule is CCCCCc1ccc(C#Cc2ccc(C#Cc3ccc(N=C=S)c(F)c3)c(C)c2)cc1.CCc1cc(C#Cc2ccc(C)cc2)ccc1C#Cc1ccc(N=C=S)cc1.CCc1ccc(C#Cc2ccc(C#Cc3ccc(N=C=S)cc3)c(CC)c2)cc1.Cc1ccc(C#Cc2ccc(C#Cc3ccc(N=C=S)c(F)c3)c(C)c2)cc1. The Morgan fingerprint density at radius 2 is 0.530 bits per heavy atom. The van der Waals surface area contributed by atoms with E-state index in [-0.39, 0.29) is 11.4 Å². The minimum atomic E-state index is -0.470. The molecule has 0 saturated heterocycles. The lowest BCUT2D eigenvalue weighted by Crippen LogP contribution is -1.89. The number of hydrogen-bond donors (Lipinski definition) is 0. The van der Waals surface area contributed by atoms with Crippen LogP contribution in [0.15, 0.2) is 275 Å². The molecular weight excluding hydrogens is 1510 g/mol. The van der Waals surface area contributed by atoms with Crippen molar-refractivity contribution in [2.75, 3.05) is 0 Å². The third-order valence-corrected chi connectivity index (χ3v) is 18.4. The Morgan fingerprint density at radius 3 is 0.855 bits per heavy atom. The number of nitrogens with zero attached hydrogens (tertiary/aromatic N) is 4. The summed E-state index contributed by atoms with van der Waals surface area (Å²) in [5.41, 5.74) is 26.3. The summed E-state index contributed by atoms with van der Waals surface area (Å²) >= 11 is 18.3. The largest absolute Gasteiger partial charge is 0.205 e. The minimum Gasteiger partial charge on any atom is -0.205 e. The number of thiocarbonyl (C=S) groups is 4. The van der Waals surface area contributed by atoms with Gasteiger partial charge in [-0.15, -0.1) is 0 Å². The van der Waals surface area contributed by atoms with Gasteiger partial charge in [0.1, 0.15) is 11.4 Å². The topological polar surface area (TPSA) is 49.4 Å². The highest BCUT2D eigenvalue weighted by Gasteiger charge is 2.07. The van der Waals surface area contributed by atoms with Gasteiger partial charge in [0, 0.05) is 89.0 Å². The first-order chi connectivity index (χ1) is 57.0. The van der Waals surface area contributed by atoms with Crippen LogP contribution in [0.3, 0.4) is 0 Å². The average Bonchev–Trinajstić information content (AvgIpc) is 0.861. The van der Waals surface area contributed by atoms with Crippen LogP contribution in [0.4, 0.5) is 31.5 Å². The predicted molar refractivity (Wildman–Crippen MR) is 494 cm³/mol. The first-order valence-corrected chi connectivity index (χ1v) is 39.7. The zero-order valence-electron chi connectivity index (χ0n) is 66.4. The van der Waals surface area contributed by atoms with E-state index in [0.29, 0.717) is 11.1 Å². The standard InChI is InChI=1S/C29H24FNS.C27H21NS.C26H19NS.C25H16FNS/c1-3-4-5-6-23-7-9-24(10-8-23)11-12-25-13-16-27(22(2)19-25)17-14-26-15-18-29(31-21-32)28(30)20-26;1-3-21-5-7-22(8-6-21)9-10-24-12-16-26(25(4-2)19-24)15-11-23-13-17-27(18-14-23)28-20-29;1-3-24-18-23(9-8-21-6-4-20(2)5-7-21)11-15-25(24)14-10-22-12-16-26(17-13-22)27-19-28;1-18-3-5-20(6-4-18)7-8-21-9-12-23(19(2)15-21)13-10-22-11-14-25(27-17-28)24(26)16-22/h7-10,13,15-16,18-20H,3-6H2,1-2H3;5-8,12-14,16-19H,3-4H2,1-2H3;4-7,11-13,15-18H,3H2,1-2H3;3-6,9,11-12,14-16H,1-2H3. The van der Waals surface area contributed by atoms with Crippen molar-refractivity contribution < 1.29 is 8.78 Å². The van der Waals surface area contributed by atoms with Gasteiger partial charge < -0.3 is 0 Å². The fourth-order valence-electron chi connectivity index (χ4n) is 11.3. The molecule has 10 heteroatoms. The van der Waals surface area contributed by atoms with Crippen molar-refractivity contribution in [3.63, 3.8) is 0 Å². The zero-order chi connectivity index (χ0) is 82.9. The molecule has 0 bridgehead atoms. The molecule has 12 aromatic carbocycles. The number of hydrogen-bond acceptors (Lipinski definition) is 8. The Morgan fingerprint density at radius 1 is 0.256 bits per heavy atom. The van der Waals surface area contributed by atoms with Crippen LogP contribution in [0.1, 0.15) is 180 Å². The van der Waals surface area contributed by atoms with E-state index in [0.717, 1.165) is 126 Å². The van der Waals surface area contributed by atoms with E-state index in [1.165, 1.54) is 70.8 Å². The Balaban J connectivity index is 0.000000178. The summed E-state index contributed by atoms with van der Waals surface area (Å²) in [6, 6.07) is 82.0. The van der Waals surface area contributed by atoms with Gasteiger partial charge in [-0.1, -0.05) is 195 Å². The van der Waals surface area contributed by atoms with E-state index in [1.807, 2.05) is 147 Å². The molecule has 0 N–H and O–H groups in total. The number of unbranched alkanes of at least 4 members (excludes halogenated alkanes) is 2. The molecular formula is C107H80F2N4S4. The van der Waals surface area contributed by atoms with Crippen molar-refractivity contribution in [2.45, 2.75) is 100 Å². The van der Waals surface area contributed by atoms with Crippen LogP contribution in [0.2, 0.25) is 0 Å². The van der Waals surface area contributed by atoms with Crippen LogP contribution in [0.5, 0.6) is 0 Å². The van der Waals surface area contributed by atoms with Gasteiger partial charge in [0.25, 0.3) is 0 Å². The van der Waals surface area contributed by atoms with Gasteiger partial charge in [0.2, 0.25) is 0 Å². The first-order valence-electron chi connectivity index (χ1n) is 38.1. The molecule has 0 aliphatic carbocycles. The van der Waals surface area contributed by atoms with Gasteiger partial charge in [0.15, 0.2) is 11.6 Å². The highest BCUT2D eigenvalue weighted by molar-refractivity contribution is 7.78. The first kappa shape index (κ1) is 87.2. The van der Waals surface area contributed by atoms with Crippen molar-refractivity contribution in [1.29, 1.82) is 0 Å². The number of isothiocyanates is 4. The van der Waals surface area contributed by atoms with E-state index in [1.54, 1.807) is 18.2 Å². The monoisotopic (exact) mass is 1590 g/mol. The minimum absolute atomic E-state index is 0.160. The second-order valence-corrected chi connectivity index (χ2v) is 27.4. The summed E-state index contributed by atoms with van der Waals surface area (Å²) in [5, 5.41) is 9.06. The molecule has 0 saturated carbocycles. The normalized spacial score (nSPS) is 9.49. The molecule has 0 spiro atoms. The molecule has 0 aliphatic rings. The van der Waals surface area contributed by atoms with E-state index in [4.69, 9.17) is 0 Å². The van der Waals surface area contributed by atoms with Gasteiger partial charge in [-0.2, -0.15) is 20.0 Å². The molecule has 0 aromatic heterocycles. The molecule has 0 unspecified atom stereocenters. The highest BCUT2D eigenvalue weighted by atomic mass is 32.1. The Kier molecular flexibility index (Phi) is 35.0. The maximum Gasteiger partial charge on any atom is 0.150 e. The molecule has 0 aliphatic heterocycles. The predicted octanol–water partition coefficient (Wildman–Crippen LogP) is 25.8. The summed E-state index contributed by atoms with van der Waals surface area (Å²) in [7, 11) is 0. The second-order valence-electron chi connectivity index (χ2n) is 26.7. The summed E-state index contributed by atoms with van der Waals surface area (Å²) in [6.07, 6.45) is 7.73. The quantitative estimate of drug-likeness (QED) is 0.0560. The Labute approximate surface area is 710 Å². The van der Waals surface area contributed by atoms with Crippen LogP contribution < -0.4 is 0 Å². The lowest BCUT2D eigenvalue weighted by molar-refractivity contribution is 0.629. The summed E-state index contributed by atoms with van der Waals surface area (Å²) in [6.45, 7) is 16.8. The lowest BCUT2D eigenvalue weighted by atomic mass is 10.0. The number of rotatable bonds is 11. The number of aliphatic imine (C=N–C) groups is 4. The molecule has 0 radical (unpaired) electrons. The van der Waals surface area contributed by atoms with Crippen LogP contribution in [0.25, 0.3) is 0 Å². The number of aryl methyl sites for hydroxylation is 8. The molecule has 117 heavy (non-hydrogen) atoms. The molecule has 0 fully saturated rings. The zero-order valence-corrected chi connectivity index (χ0v) is 69.6. The van der Waals surface area contributed by atoms with Gasteiger partial charge in [0.05, 0.1) is 32.0 Å². The number of halogens is 2. The van der Waals surface area contributed by atoms with Crippen molar-refractivity contribution in [3.8, 4) is 94.7 Å². The molecule has 12 aromatic rings. The summed E-state index contributed by atoms with van der Waals surface area (Å²) in [4.78, 5) is 15.2. The van der Waals surface area contributed by atoms with Crippen molar-refractivity contribution in [2.24, 2.45) is 20.0 Å². The third kappa shape index (κ3) is 29.3. The average molecular weight is 1590 g/mol. The smallest absolute Gasteiger partial charge is 0.150 e. The second kappa shape index (κ2) is 47.0. The van der Waals surface area contributed by atoms with Gasteiger partial charge in [-0.25, -0.2) is 8.78 Å². The van der Waals surface area contributed by atoms with Crippen molar-refractivity contribution in [3.05, 3.63) is 400 Å². The van der Waals surface area contributed by atoms with Gasteiger partial charge >= 0.3 is 0 Å². The Bertz CT molecular complexity index is 6320. The fourth-order valence-corrected chi connectivity index (χ4v) is 11.7. The van der Waals surface area contributed by atoms with Crippen LogP contribution in [-0.2, 0) is 25.7 Å². The maximum atomic E-state index is 13.9. The molecule has 0 atom stereocenters. The van der Waals surface area contributed by atoms with E-state index >= 15 is 0 Å². The summed E-state index contributed by atoms with van der Waals surface area (Å²) in [5.74, 6) is 50.0. The molecule has 12 rings (SSSR count). The Hall–Kier alpha value is -13.8. The molecule has 566 valence electrons. The van der Waals surface area contributed by atoms with Crippen LogP contribution in [0, 0.1) is 134 Å². The van der Waals surface area contributed by atoms with Crippen LogP contribution in [-0.4, -0.2) is 20.6 Å². The number of benzene rings is 12. The maximum absolute atomic E-state index is 13.9.